The topological polar surface area (TPSA) is 66.9 Å². The normalized spacial score (nSPS) is 12.9. The van der Waals surface area contributed by atoms with Crippen LogP contribution in [-0.2, 0) is 0 Å². The van der Waals surface area contributed by atoms with Gasteiger partial charge in [0.2, 0.25) is 5.95 Å². The highest BCUT2D eigenvalue weighted by molar-refractivity contribution is 6.48. The van der Waals surface area contributed by atoms with Crippen molar-refractivity contribution in [2.45, 2.75) is 12.1 Å². The lowest BCUT2D eigenvalue weighted by Gasteiger charge is -2.19. The number of hydrogen-bond donors (Lipinski definition) is 2. The Labute approximate surface area is 200 Å². The van der Waals surface area contributed by atoms with Crippen LogP contribution in [0.5, 0.6) is 0 Å². The van der Waals surface area contributed by atoms with Gasteiger partial charge in [-0.2, -0.15) is 13.2 Å². The number of nitrogens with zero attached hydrogens (tertiary/aromatic N) is 2. The summed E-state index contributed by atoms with van der Waals surface area (Å²) in [4.78, 5) is 19.9. The zero-order chi connectivity index (χ0) is 24.2. The molecule has 2 aromatic carbocycles. The third kappa shape index (κ3) is 6.34. The number of carbonyl (C=O) groups is 1. The maximum atomic E-state index is 14.7. The summed E-state index contributed by atoms with van der Waals surface area (Å²) in [6, 6.07) is 8.41. The summed E-state index contributed by atoms with van der Waals surface area (Å²) in [5, 5.41) is -0.478. The van der Waals surface area contributed by atoms with Gasteiger partial charge in [0.1, 0.15) is 11.7 Å². The second-order valence-electron chi connectivity index (χ2n) is 6.56. The minimum absolute atomic E-state index is 0.102. The molecule has 0 aliphatic heterocycles. The first-order chi connectivity index (χ1) is 15.6. The number of hydrazine groups is 1. The SMILES string of the molecule is O=C(NNc1ncccn1)c1ccc(/C(F)=C/C(c2cc(Cl)c(Cl)c(Cl)c2)C(F)(F)F)cc1. The number of halogens is 7. The van der Waals surface area contributed by atoms with E-state index in [-0.39, 0.29) is 37.7 Å². The quantitative estimate of drug-likeness (QED) is 0.212. The fourth-order valence-corrected chi connectivity index (χ4v) is 3.32. The van der Waals surface area contributed by atoms with Crippen LogP contribution in [0.25, 0.3) is 5.83 Å². The number of aromatic nitrogens is 2. The first kappa shape index (κ1) is 24.8. The van der Waals surface area contributed by atoms with Crippen molar-refractivity contribution in [2.75, 3.05) is 5.43 Å². The van der Waals surface area contributed by atoms with E-state index in [2.05, 4.69) is 20.8 Å². The number of alkyl halides is 3. The first-order valence-corrected chi connectivity index (χ1v) is 10.2. The zero-order valence-electron chi connectivity index (χ0n) is 16.3. The Kier molecular flexibility index (Phi) is 7.78. The third-order valence-electron chi connectivity index (χ3n) is 4.31. The Bertz CT molecular complexity index is 1150. The number of benzene rings is 2. The minimum Gasteiger partial charge on any atom is -0.267 e. The van der Waals surface area contributed by atoms with Gasteiger partial charge in [-0.15, -0.1) is 0 Å². The van der Waals surface area contributed by atoms with Crippen LogP contribution in [0.1, 0.15) is 27.4 Å². The molecule has 33 heavy (non-hydrogen) atoms. The molecule has 0 saturated heterocycles. The predicted octanol–water partition coefficient (Wildman–Crippen LogP) is 6.85. The van der Waals surface area contributed by atoms with Crippen LogP contribution in [0.15, 0.2) is 60.9 Å². The van der Waals surface area contributed by atoms with Crippen molar-refractivity contribution >= 4 is 52.5 Å². The van der Waals surface area contributed by atoms with E-state index in [0.717, 1.165) is 12.1 Å². The van der Waals surface area contributed by atoms with Gasteiger partial charge in [0.25, 0.3) is 5.91 Å². The van der Waals surface area contributed by atoms with Gasteiger partial charge in [0, 0.05) is 23.5 Å². The Morgan fingerprint density at radius 1 is 0.970 bits per heavy atom. The van der Waals surface area contributed by atoms with Gasteiger partial charge in [-0.1, -0.05) is 46.9 Å². The van der Waals surface area contributed by atoms with E-state index in [4.69, 9.17) is 34.8 Å². The largest absolute Gasteiger partial charge is 0.399 e. The number of allylic oxidation sites excluding steroid dienone is 1. The summed E-state index contributed by atoms with van der Waals surface area (Å²) in [5.41, 5.74) is 4.43. The molecule has 0 aliphatic carbocycles. The molecule has 5 nitrogen and oxygen atoms in total. The summed E-state index contributed by atoms with van der Waals surface area (Å²) in [6.45, 7) is 0. The molecule has 0 spiro atoms. The van der Waals surface area contributed by atoms with E-state index >= 15 is 0 Å². The van der Waals surface area contributed by atoms with Crippen molar-refractivity contribution < 1.29 is 22.4 Å². The molecule has 0 radical (unpaired) electrons. The van der Waals surface area contributed by atoms with Crippen molar-refractivity contribution in [3.63, 3.8) is 0 Å². The second-order valence-corrected chi connectivity index (χ2v) is 7.75. The molecule has 0 fully saturated rings. The van der Waals surface area contributed by atoms with E-state index in [1.807, 2.05) is 0 Å². The molecule has 1 aromatic heterocycles. The molecular formula is C21H13Cl3F4N4O. The van der Waals surface area contributed by atoms with Crippen molar-refractivity contribution in [1.82, 2.24) is 15.4 Å². The number of hydrogen-bond acceptors (Lipinski definition) is 4. The van der Waals surface area contributed by atoms with E-state index in [0.29, 0.717) is 6.08 Å². The van der Waals surface area contributed by atoms with Crippen LogP contribution in [-0.4, -0.2) is 22.1 Å². The minimum atomic E-state index is -4.83. The van der Waals surface area contributed by atoms with E-state index in [1.54, 1.807) is 6.07 Å². The lowest BCUT2D eigenvalue weighted by molar-refractivity contribution is -0.139. The van der Waals surface area contributed by atoms with E-state index < -0.39 is 23.8 Å². The maximum Gasteiger partial charge on any atom is 0.399 e. The van der Waals surface area contributed by atoms with Crippen LogP contribution in [0, 0.1) is 0 Å². The molecule has 1 unspecified atom stereocenters. The fraction of sp³-hybridized carbons (Fsp3) is 0.0952. The van der Waals surface area contributed by atoms with Gasteiger partial charge in [-0.05, 0) is 42.0 Å². The number of nitrogens with one attached hydrogen (secondary N) is 2. The maximum absolute atomic E-state index is 14.7. The zero-order valence-corrected chi connectivity index (χ0v) is 18.6. The average molecular weight is 520 g/mol. The molecule has 12 heteroatoms. The van der Waals surface area contributed by atoms with Crippen molar-refractivity contribution in [3.05, 3.63) is 92.7 Å². The van der Waals surface area contributed by atoms with Crippen LogP contribution < -0.4 is 10.9 Å². The van der Waals surface area contributed by atoms with Gasteiger partial charge in [0.15, 0.2) is 0 Å². The van der Waals surface area contributed by atoms with Crippen LogP contribution in [0.4, 0.5) is 23.5 Å². The van der Waals surface area contributed by atoms with Crippen LogP contribution in [0.3, 0.4) is 0 Å². The van der Waals surface area contributed by atoms with Gasteiger partial charge in [-0.3, -0.25) is 15.6 Å². The standard InChI is InChI=1S/C21H13Cl3F4N4O/c22-15-8-13(9-16(23)18(15)24)14(21(26,27)28)10-17(25)11-2-4-12(5-3-11)19(33)31-32-20-29-6-1-7-30-20/h1-10,14H,(H,31,33)(H,29,30,32)/b17-10-. The molecule has 1 heterocycles. The Balaban J connectivity index is 1.80. The Hall–Kier alpha value is -2.88. The smallest absolute Gasteiger partial charge is 0.267 e. The molecule has 2 N–H and O–H groups in total. The Morgan fingerprint density at radius 2 is 1.52 bits per heavy atom. The number of anilines is 1. The number of amides is 1. The first-order valence-electron chi connectivity index (χ1n) is 9.08. The molecule has 1 amide bonds. The Morgan fingerprint density at radius 3 is 2.06 bits per heavy atom. The summed E-state index contributed by atoms with van der Waals surface area (Å²) >= 11 is 17.4. The average Bonchev–Trinajstić information content (AvgIpc) is 2.79. The molecule has 1 atom stereocenters. The van der Waals surface area contributed by atoms with Crippen LogP contribution in [0.2, 0.25) is 15.1 Å². The van der Waals surface area contributed by atoms with Crippen molar-refractivity contribution in [3.8, 4) is 0 Å². The molecular weight excluding hydrogens is 507 g/mol. The predicted molar refractivity (Wildman–Crippen MR) is 119 cm³/mol. The molecule has 3 rings (SSSR count). The molecule has 172 valence electrons. The second kappa shape index (κ2) is 10.4. The molecule has 3 aromatic rings. The van der Waals surface area contributed by atoms with E-state index in [1.165, 1.54) is 36.7 Å². The van der Waals surface area contributed by atoms with Gasteiger partial charge >= 0.3 is 6.18 Å². The fourth-order valence-electron chi connectivity index (χ4n) is 2.71. The highest BCUT2D eigenvalue weighted by Gasteiger charge is 2.40. The van der Waals surface area contributed by atoms with Crippen LogP contribution >= 0.6 is 34.8 Å². The van der Waals surface area contributed by atoms with Gasteiger partial charge in [0.05, 0.1) is 15.1 Å². The molecule has 0 aliphatic rings. The summed E-state index contributed by atoms with van der Waals surface area (Å²) in [7, 11) is 0. The van der Waals surface area contributed by atoms with E-state index in [9.17, 15) is 22.4 Å². The summed E-state index contributed by atoms with van der Waals surface area (Å²) in [5.74, 6) is -3.92. The third-order valence-corrected chi connectivity index (χ3v) is 5.50. The summed E-state index contributed by atoms with van der Waals surface area (Å²) < 4.78 is 55.6. The molecule has 0 bridgehead atoms. The van der Waals surface area contributed by atoms with Crippen molar-refractivity contribution in [1.29, 1.82) is 0 Å². The molecule has 0 saturated carbocycles. The number of carbonyl (C=O) groups excluding carboxylic acids is 1. The highest BCUT2D eigenvalue weighted by atomic mass is 35.5. The highest BCUT2D eigenvalue weighted by Crippen LogP contribution is 2.42. The summed E-state index contributed by atoms with van der Waals surface area (Å²) in [6.07, 6.45) is -1.50. The number of rotatable bonds is 6. The van der Waals surface area contributed by atoms with Gasteiger partial charge < -0.3 is 0 Å². The van der Waals surface area contributed by atoms with Gasteiger partial charge in [-0.25, -0.2) is 14.4 Å². The monoisotopic (exact) mass is 518 g/mol. The van der Waals surface area contributed by atoms with Crippen molar-refractivity contribution in [2.24, 2.45) is 0 Å². The lowest BCUT2D eigenvalue weighted by Crippen LogP contribution is -2.30. The lowest BCUT2D eigenvalue weighted by atomic mass is 9.96.